The number of guanidine groups is 1. The maximum Gasteiger partial charge on any atom is 0.188 e. The van der Waals surface area contributed by atoms with E-state index in [1.165, 1.54) is 0 Å². The molecule has 100 valence electrons. The van der Waals surface area contributed by atoms with Crippen LogP contribution >= 0.6 is 0 Å². The molecule has 0 spiro atoms. The maximum absolute atomic E-state index is 5.85. The fourth-order valence-electron chi connectivity index (χ4n) is 2.34. The normalized spacial score (nSPS) is 31.4. The maximum atomic E-state index is 5.85. The van der Waals surface area contributed by atoms with E-state index in [0.717, 1.165) is 19.4 Å². The highest BCUT2D eigenvalue weighted by atomic mass is 16.5. The summed E-state index contributed by atoms with van der Waals surface area (Å²) in [7, 11) is 0. The summed E-state index contributed by atoms with van der Waals surface area (Å²) >= 11 is 0. The number of hydrogen-bond donors (Lipinski definition) is 2. The molecule has 3 N–H and O–H groups in total. The molecule has 0 aliphatic carbocycles. The predicted molar refractivity (Wildman–Crippen MR) is 72.1 cm³/mol. The Bertz CT molecular complexity index is 260. The van der Waals surface area contributed by atoms with Gasteiger partial charge in [0.05, 0.1) is 12.2 Å². The summed E-state index contributed by atoms with van der Waals surface area (Å²) in [5.74, 6) is 1.14. The molecule has 2 atom stereocenters. The molecule has 0 aromatic heterocycles. The van der Waals surface area contributed by atoms with Crippen LogP contribution in [0.15, 0.2) is 4.99 Å². The van der Waals surface area contributed by atoms with Crippen molar-refractivity contribution in [2.45, 2.75) is 65.2 Å². The number of nitrogens with two attached hydrogens (primary N) is 1. The lowest BCUT2D eigenvalue weighted by atomic mass is 9.93. The second kappa shape index (κ2) is 5.71. The van der Waals surface area contributed by atoms with Crippen molar-refractivity contribution in [1.82, 2.24) is 5.32 Å². The van der Waals surface area contributed by atoms with Gasteiger partial charge in [0.15, 0.2) is 5.96 Å². The van der Waals surface area contributed by atoms with Crippen molar-refractivity contribution in [2.24, 2.45) is 16.6 Å². The predicted octanol–water partition coefficient (Wildman–Crippen LogP) is 1.89. The molecule has 1 aliphatic heterocycles. The number of nitrogens with zero attached hydrogens (tertiary/aromatic N) is 1. The van der Waals surface area contributed by atoms with Crippen molar-refractivity contribution >= 4 is 5.96 Å². The van der Waals surface area contributed by atoms with Crippen LogP contribution in [-0.2, 0) is 4.74 Å². The Hall–Kier alpha value is -0.770. The van der Waals surface area contributed by atoms with E-state index in [9.17, 15) is 0 Å². The number of rotatable bonds is 2. The van der Waals surface area contributed by atoms with Gasteiger partial charge in [-0.1, -0.05) is 0 Å². The van der Waals surface area contributed by atoms with Crippen molar-refractivity contribution in [3.8, 4) is 0 Å². The van der Waals surface area contributed by atoms with Crippen molar-refractivity contribution in [3.05, 3.63) is 0 Å². The van der Waals surface area contributed by atoms with Crippen LogP contribution in [0, 0.1) is 5.92 Å². The summed E-state index contributed by atoms with van der Waals surface area (Å²) < 4.78 is 5.71. The molecule has 4 heteroatoms. The number of aliphatic imine (C=N–C) groups is 1. The molecule has 0 aromatic rings. The molecular weight excluding hydrogens is 214 g/mol. The average Bonchev–Trinajstić information content (AvgIpc) is 2.10. The van der Waals surface area contributed by atoms with Crippen molar-refractivity contribution in [1.29, 1.82) is 0 Å². The van der Waals surface area contributed by atoms with Crippen molar-refractivity contribution < 1.29 is 4.74 Å². The summed E-state index contributed by atoms with van der Waals surface area (Å²) in [6.07, 6.45) is 2.85. The van der Waals surface area contributed by atoms with Crippen LogP contribution < -0.4 is 11.1 Å². The van der Waals surface area contributed by atoms with Crippen LogP contribution in [-0.4, -0.2) is 30.3 Å². The average molecular weight is 241 g/mol. The molecule has 0 saturated carbocycles. The molecule has 0 aromatic carbocycles. The van der Waals surface area contributed by atoms with Gasteiger partial charge in [-0.2, -0.15) is 0 Å². The fraction of sp³-hybridized carbons (Fsp3) is 0.923. The van der Waals surface area contributed by atoms with Crippen molar-refractivity contribution in [3.63, 3.8) is 0 Å². The van der Waals surface area contributed by atoms with E-state index in [2.05, 4.69) is 44.9 Å². The summed E-state index contributed by atoms with van der Waals surface area (Å²) in [6, 6.07) is 0. The lowest BCUT2D eigenvalue weighted by molar-refractivity contribution is -0.0501. The number of nitrogens with one attached hydrogen (secondary N) is 1. The van der Waals surface area contributed by atoms with Gasteiger partial charge < -0.3 is 15.8 Å². The Kier molecular flexibility index (Phi) is 4.80. The second-order valence-electron chi connectivity index (χ2n) is 6.20. The molecule has 1 saturated heterocycles. The van der Waals surface area contributed by atoms with Gasteiger partial charge in [0.25, 0.3) is 0 Å². The van der Waals surface area contributed by atoms with Gasteiger partial charge in [0.1, 0.15) is 0 Å². The highest BCUT2D eigenvalue weighted by Gasteiger charge is 2.24. The Morgan fingerprint density at radius 2 is 1.82 bits per heavy atom. The minimum Gasteiger partial charge on any atom is -0.376 e. The second-order valence-corrected chi connectivity index (χ2v) is 6.20. The van der Waals surface area contributed by atoms with E-state index in [0.29, 0.717) is 24.1 Å². The highest BCUT2D eigenvalue weighted by molar-refractivity contribution is 5.78. The third-order valence-corrected chi connectivity index (χ3v) is 2.82. The largest absolute Gasteiger partial charge is 0.376 e. The quantitative estimate of drug-likeness (QED) is 0.573. The van der Waals surface area contributed by atoms with Crippen LogP contribution in [0.1, 0.15) is 47.5 Å². The standard InChI is InChI=1S/C13H27N3O/c1-9-6-11(7-10(2)17-9)8-15-12(14)16-13(3,4)5/h9-11H,6-8H2,1-5H3,(H3,14,15,16). The van der Waals surface area contributed by atoms with Gasteiger partial charge >= 0.3 is 0 Å². The third kappa shape index (κ3) is 5.91. The van der Waals surface area contributed by atoms with Gasteiger partial charge in [-0.05, 0) is 53.4 Å². The minimum absolute atomic E-state index is 0.0240. The number of ether oxygens (including phenoxy) is 1. The van der Waals surface area contributed by atoms with Crippen LogP contribution in [0.2, 0.25) is 0 Å². The Labute approximate surface area is 105 Å². The first-order valence-corrected chi connectivity index (χ1v) is 6.50. The lowest BCUT2D eigenvalue weighted by Crippen LogP contribution is -2.45. The first kappa shape index (κ1) is 14.3. The van der Waals surface area contributed by atoms with Gasteiger partial charge in [-0.15, -0.1) is 0 Å². The van der Waals surface area contributed by atoms with E-state index in [-0.39, 0.29) is 5.54 Å². The SMILES string of the molecule is CC1CC(CN=C(N)NC(C)(C)C)CC(C)O1. The van der Waals surface area contributed by atoms with Gasteiger partial charge in [-0.25, -0.2) is 0 Å². The first-order valence-electron chi connectivity index (χ1n) is 6.50. The third-order valence-electron chi connectivity index (χ3n) is 2.82. The molecule has 1 heterocycles. The molecule has 0 radical (unpaired) electrons. The summed E-state index contributed by atoms with van der Waals surface area (Å²) in [5.41, 5.74) is 5.83. The van der Waals surface area contributed by atoms with Gasteiger partial charge in [0.2, 0.25) is 0 Å². The van der Waals surface area contributed by atoms with E-state index in [1.807, 2.05) is 0 Å². The molecule has 1 fully saturated rings. The summed E-state index contributed by atoms with van der Waals surface area (Å²) in [6.45, 7) is 11.3. The van der Waals surface area contributed by atoms with Crippen LogP contribution in [0.4, 0.5) is 0 Å². The summed E-state index contributed by atoms with van der Waals surface area (Å²) in [5, 5.41) is 3.18. The topological polar surface area (TPSA) is 59.6 Å². The minimum atomic E-state index is -0.0240. The zero-order valence-electron chi connectivity index (χ0n) is 11.8. The Morgan fingerprint density at radius 1 is 1.29 bits per heavy atom. The molecule has 0 amide bonds. The van der Waals surface area contributed by atoms with E-state index < -0.39 is 0 Å². The lowest BCUT2D eigenvalue weighted by Gasteiger charge is -2.31. The van der Waals surface area contributed by atoms with E-state index >= 15 is 0 Å². The Morgan fingerprint density at radius 3 is 2.29 bits per heavy atom. The van der Waals surface area contributed by atoms with Gasteiger partial charge in [0, 0.05) is 12.1 Å². The molecule has 17 heavy (non-hydrogen) atoms. The van der Waals surface area contributed by atoms with Crippen molar-refractivity contribution in [2.75, 3.05) is 6.54 Å². The molecule has 1 rings (SSSR count). The van der Waals surface area contributed by atoms with E-state index in [1.54, 1.807) is 0 Å². The van der Waals surface area contributed by atoms with E-state index in [4.69, 9.17) is 10.5 Å². The smallest absolute Gasteiger partial charge is 0.188 e. The molecule has 4 nitrogen and oxygen atoms in total. The monoisotopic (exact) mass is 241 g/mol. The summed E-state index contributed by atoms with van der Waals surface area (Å²) in [4.78, 5) is 4.43. The number of hydrogen-bond acceptors (Lipinski definition) is 2. The molecule has 2 unspecified atom stereocenters. The fourth-order valence-corrected chi connectivity index (χ4v) is 2.34. The zero-order valence-corrected chi connectivity index (χ0v) is 11.8. The van der Waals surface area contributed by atoms with Crippen LogP contribution in [0.5, 0.6) is 0 Å². The van der Waals surface area contributed by atoms with Crippen LogP contribution in [0.25, 0.3) is 0 Å². The first-order chi connectivity index (χ1) is 7.76. The zero-order chi connectivity index (χ0) is 13.1. The molecular formula is C13H27N3O. The molecule has 0 bridgehead atoms. The Balaban J connectivity index is 2.41. The van der Waals surface area contributed by atoms with Crippen LogP contribution in [0.3, 0.4) is 0 Å². The van der Waals surface area contributed by atoms with Gasteiger partial charge in [-0.3, -0.25) is 4.99 Å². The molecule has 1 aliphatic rings. The highest BCUT2D eigenvalue weighted by Crippen LogP contribution is 2.24.